The zero-order chi connectivity index (χ0) is 14.5. The first kappa shape index (κ1) is 14.4. The molecule has 0 aliphatic heterocycles. The van der Waals surface area contributed by atoms with Gasteiger partial charge in [-0.25, -0.2) is 0 Å². The van der Waals surface area contributed by atoms with Gasteiger partial charge in [0, 0.05) is 23.4 Å². The molecule has 0 saturated carbocycles. The predicted octanol–water partition coefficient (Wildman–Crippen LogP) is 0.657. The summed E-state index contributed by atoms with van der Waals surface area (Å²) in [6, 6.07) is 6.85. The SMILES string of the molecule is COc1ccc(OCc2cncc(C)c2)c(B(O)O)c1. The number of benzene rings is 1. The summed E-state index contributed by atoms with van der Waals surface area (Å²) in [7, 11) is -0.0994. The molecular weight excluding hydrogens is 257 g/mol. The summed E-state index contributed by atoms with van der Waals surface area (Å²) in [5, 5.41) is 18.7. The summed E-state index contributed by atoms with van der Waals surface area (Å²) in [5.74, 6) is 0.944. The first-order chi connectivity index (χ1) is 9.60. The number of aryl methyl sites for hydroxylation is 1. The molecule has 0 saturated heterocycles. The minimum atomic E-state index is -1.62. The van der Waals surface area contributed by atoms with Crippen molar-refractivity contribution in [2.24, 2.45) is 0 Å². The molecule has 0 spiro atoms. The number of aromatic nitrogens is 1. The molecule has 2 aromatic rings. The second-order valence-electron chi connectivity index (χ2n) is 4.44. The number of ether oxygens (including phenoxy) is 2. The molecule has 6 heteroatoms. The van der Waals surface area contributed by atoms with Crippen LogP contribution in [0, 0.1) is 6.92 Å². The molecule has 5 nitrogen and oxygen atoms in total. The van der Waals surface area contributed by atoms with Crippen LogP contribution in [0.5, 0.6) is 11.5 Å². The largest absolute Gasteiger partial charge is 0.497 e. The average molecular weight is 273 g/mol. The van der Waals surface area contributed by atoms with Crippen molar-refractivity contribution in [2.75, 3.05) is 7.11 Å². The van der Waals surface area contributed by atoms with E-state index in [1.807, 2.05) is 13.0 Å². The number of nitrogens with zero attached hydrogens (tertiary/aromatic N) is 1. The van der Waals surface area contributed by atoms with Crippen LogP contribution in [0.3, 0.4) is 0 Å². The highest BCUT2D eigenvalue weighted by Crippen LogP contribution is 2.17. The second kappa shape index (κ2) is 6.41. The first-order valence-electron chi connectivity index (χ1n) is 6.17. The van der Waals surface area contributed by atoms with Gasteiger partial charge < -0.3 is 19.5 Å². The quantitative estimate of drug-likeness (QED) is 0.783. The Labute approximate surface area is 118 Å². The lowest BCUT2D eigenvalue weighted by Gasteiger charge is -2.12. The summed E-state index contributed by atoms with van der Waals surface area (Å²) < 4.78 is 10.7. The predicted molar refractivity (Wildman–Crippen MR) is 76.1 cm³/mol. The zero-order valence-corrected chi connectivity index (χ0v) is 11.4. The monoisotopic (exact) mass is 273 g/mol. The highest BCUT2D eigenvalue weighted by Gasteiger charge is 2.18. The highest BCUT2D eigenvalue weighted by molar-refractivity contribution is 6.59. The lowest BCUT2D eigenvalue weighted by atomic mass is 9.79. The summed E-state index contributed by atoms with van der Waals surface area (Å²) in [6.45, 7) is 2.26. The first-order valence-corrected chi connectivity index (χ1v) is 6.17. The fourth-order valence-corrected chi connectivity index (χ4v) is 1.84. The fraction of sp³-hybridized carbons (Fsp3) is 0.214. The van der Waals surface area contributed by atoms with Gasteiger partial charge in [0.15, 0.2) is 0 Å². The van der Waals surface area contributed by atoms with Crippen LogP contribution in [0.1, 0.15) is 11.1 Å². The lowest BCUT2D eigenvalue weighted by molar-refractivity contribution is 0.305. The number of rotatable bonds is 5. The van der Waals surface area contributed by atoms with Crippen molar-refractivity contribution in [1.29, 1.82) is 0 Å². The van der Waals surface area contributed by atoms with Crippen LogP contribution in [-0.2, 0) is 6.61 Å². The van der Waals surface area contributed by atoms with Gasteiger partial charge >= 0.3 is 7.12 Å². The van der Waals surface area contributed by atoms with Gasteiger partial charge in [-0.15, -0.1) is 0 Å². The molecule has 0 atom stereocenters. The number of pyridine rings is 1. The van der Waals surface area contributed by atoms with Crippen molar-refractivity contribution in [2.45, 2.75) is 13.5 Å². The van der Waals surface area contributed by atoms with Gasteiger partial charge in [0.05, 0.1) is 7.11 Å². The number of hydrogen-bond donors (Lipinski definition) is 2. The minimum Gasteiger partial charge on any atom is -0.497 e. The standard InChI is InChI=1S/C14H16BNO4/c1-10-5-11(8-16-7-10)9-20-14-4-3-12(19-2)6-13(14)15(17)18/h3-8,17-18H,9H2,1-2H3. The molecule has 104 valence electrons. The summed E-state index contributed by atoms with van der Waals surface area (Å²) in [4.78, 5) is 4.08. The molecule has 20 heavy (non-hydrogen) atoms. The normalized spacial score (nSPS) is 10.2. The Bertz CT molecular complexity index is 589. The van der Waals surface area contributed by atoms with Crippen LogP contribution in [0.2, 0.25) is 0 Å². The van der Waals surface area contributed by atoms with Gasteiger partial charge in [0.25, 0.3) is 0 Å². The van der Waals surface area contributed by atoms with Gasteiger partial charge in [-0.1, -0.05) is 0 Å². The van der Waals surface area contributed by atoms with Crippen molar-refractivity contribution < 1.29 is 19.5 Å². The average Bonchev–Trinajstić information content (AvgIpc) is 2.45. The van der Waals surface area contributed by atoms with Crippen molar-refractivity contribution >= 4 is 12.6 Å². The van der Waals surface area contributed by atoms with Crippen LogP contribution >= 0.6 is 0 Å². The molecule has 0 radical (unpaired) electrons. The molecule has 1 aromatic heterocycles. The van der Waals surface area contributed by atoms with Gasteiger partial charge in [-0.3, -0.25) is 4.98 Å². The van der Waals surface area contributed by atoms with E-state index in [2.05, 4.69) is 4.98 Å². The third-order valence-electron chi connectivity index (χ3n) is 2.82. The Morgan fingerprint density at radius 1 is 1.20 bits per heavy atom. The molecule has 0 fully saturated rings. The molecule has 1 heterocycles. The summed E-state index contributed by atoms with van der Waals surface area (Å²) in [5.41, 5.74) is 2.23. The van der Waals surface area contributed by atoms with Crippen LogP contribution in [0.4, 0.5) is 0 Å². The van der Waals surface area contributed by atoms with Crippen molar-refractivity contribution in [3.8, 4) is 11.5 Å². The van der Waals surface area contributed by atoms with Gasteiger partial charge in [0.2, 0.25) is 0 Å². The molecule has 2 rings (SSSR count). The Kier molecular flexibility index (Phi) is 4.60. The third-order valence-corrected chi connectivity index (χ3v) is 2.82. The van der Waals surface area contributed by atoms with E-state index in [1.165, 1.54) is 13.2 Å². The lowest BCUT2D eigenvalue weighted by Crippen LogP contribution is -2.31. The maximum absolute atomic E-state index is 9.37. The molecule has 0 bridgehead atoms. The molecule has 0 unspecified atom stereocenters. The molecule has 1 aromatic carbocycles. The van der Waals surface area contributed by atoms with E-state index in [9.17, 15) is 10.0 Å². The Morgan fingerprint density at radius 3 is 2.65 bits per heavy atom. The molecule has 0 aliphatic rings. The highest BCUT2D eigenvalue weighted by atomic mass is 16.5. The van der Waals surface area contributed by atoms with E-state index < -0.39 is 7.12 Å². The minimum absolute atomic E-state index is 0.268. The van der Waals surface area contributed by atoms with Crippen LogP contribution < -0.4 is 14.9 Å². The molecule has 2 N–H and O–H groups in total. The summed E-state index contributed by atoms with van der Waals surface area (Å²) >= 11 is 0. The van der Waals surface area contributed by atoms with E-state index in [-0.39, 0.29) is 5.46 Å². The molecule has 0 amide bonds. The Hall–Kier alpha value is -2.05. The number of hydrogen-bond acceptors (Lipinski definition) is 5. The van der Waals surface area contributed by atoms with Crippen LogP contribution in [-0.4, -0.2) is 29.3 Å². The summed E-state index contributed by atoms with van der Waals surface area (Å²) in [6.07, 6.45) is 3.48. The molecule has 0 aliphatic carbocycles. The zero-order valence-electron chi connectivity index (χ0n) is 11.4. The second-order valence-corrected chi connectivity index (χ2v) is 4.44. The van der Waals surface area contributed by atoms with Crippen LogP contribution in [0.25, 0.3) is 0 Å². The molecular formula is C14H16BNO4. The van der Waals surface area contributed by atoms with Gasteiger partial charge in [-0.05, 0) is 36.8 Å². The van der Waals surface area contributed by atoms with E-state index in [0.29, 0.717) is 18.1 Å². The van der Waals surface area contributed by atoms with Crippen molar-refractivity contribution in [3.05, 3.63) is 47.8 Å². The van der Waals surface area contributed by atoms with E-state index in [4.69, 9.17) is 9.47 Å². The van der Waals surface area contributed by atoms with Gasteiger partial charge in [0.1, 0.15) is 18.1 Å². The van der Waals surface area contributed by atoms with Crippen LogP contribution in [0.15, 0.2) is 36.7 Å². The van der Waals surface area contributed by atoms with E-state index >= 15 is 0 Å². The van der Waals surface area contributed by atoms with Crippen molar-refractivity contribution in [1.82, 2.24) is 4.98 Å². The third kappa shape index (κ3) is 3.49. The Morgan fingerprint density at radius 2 is 2.00 bits per heavy atom. The van der Waals surface area contributed by atoms with Crippen molar-refractivity contribution in [3.63, 3.8) is 0 Å². The number of methoxy groups -OCH3 is 1. The smallest absolute Gasteiger partial charge is 0.492 e. The fourth-order valence-electron chi connectivity index (χ4n) is 1.84. The van der Waals surface area contributed by atoms with E-state index in [0.717, 1.165) is 11.1 Å². The van der Waals surface area contributed by atoms with E-state index in [1.54, 1.807) is 24.5 Å². The topological polar surface area (TPSA) is 71.8 Å². The maximum Gasteiger partial charge on any atom is 0.492 e. The van der Waals surface area contributed by atoms with Gasteiger partial charge in [-0.2, -0.15) is 0 Å². The Balaban J connectivity index is 2.16. The maximum atomic E-state index is 9.37.